The first kappa shape index (κ1) is 26.1. The van der Waals surface area contributed by atoms with Crippen LogP contribution >= 0.6 is 0 Å². The highest BCUT2D eigenvalue weighted by Crippen LogP contribution is 2.17. The van der Waals surface area contributed by atoms with E-state index in [4.69, 9.17) is 0 Å². The van der Waals surface area contributed by atoms with E-state index in [9.17, 15) is 22.8 Å². The predicted octanol–water partition coefficient (Wildman–Crippen LogP) is 6.88. The molecule has 0 bridgehead atoms. The number of halogens is 3. The van der Waals surface area contributed by atoms with Crippen molar-refractivity contribution in [2.24, 2.45) is 0 Å². The van der Waals surface area contributed by atoms with Crippen LogP contribution in [0.15, 0.2) is 48.6 Å². The molecule has 0 heterocycles. The topological polar surface area (TPSA) is 34.1 Å². The maximum absolute atomic E-state index is 12.7. The summed E-state index contributed by atoms with van der Waals surface area (Å²) in [5, 5.41) is 0. The van der Waals surface area contributed by atoms with Gasteiger partial charge in [-0.1, -0.05) is 68.4 Å². The Hall–Kier alpha value is -1.91. The van der Waals surface area contributed by atoms with E-state index in [-0.39, 0.29) is 6.42 Å². The molecule has 0 aliphatic rings. The summed E-state index contributed by atoms with van der Waals surface area (Å²) in [5.74, 6) is -7.32. The van der Waals surface area contributed by atoms with E-state index >= 15 is 0 Å². The molecule has 0 radical (unpaired) electrons. The maximum Gasteiger partial charge on any atom is 0.340 e. The van der Waals surface area contributed by atoms with Crippen LogP contribution in [0.25, 0.3) is 0 Å². The normalized spacial score (nSPS) is 12.9. The van der Waals surface area contributed by atoms with Crippen LogP contribution in [0.2, 0.25) is 0 Å². The van der Waals surface area contributed by atoms with Crippen LogP contribution < -0.4 is 0 Å². The lowest BCUT2D eigenvalue weighted by Crippen LogP contribution is -2.36. The number of Topliss-reactive ketones (excluding diaryl/α,β-unsaturated/α-hetero) is 2. The van der Waals surface area contributed by atoms with Crippen molar-refractivity contribution in [1.82, 2.24) is 0 Å². The minimum absolute atomic E-state index is 0.285. The van der Waals surface area contributed by atoms with Crippen LogP contribution in [-0.2, 0) is 9.59 Å². The van der Waals surface area contributed by atoms with Crippen molar-refractivity contribution in [2.75, 3.05) is 6.67 Å². The zero-order valence-electron chi connectivity index (χ0n) is 16.8. The molecule has 0 aliphatic carbocycles. The van der Waals surface area contributed by atoms with E-state index in [2.05, 4.69) is 37.3 Å². The maximum atomic E-state index is 12.7. The van der Waals surface area contributed by atoms with Crippen molar-refractivity contribution in [3.05, 3.63) is 48.6 Å². The Morgan fingerprint density at radius 2 is 1.21 bits per heavy atom. The minimum Gasteiger partial charge on any atom is -0.291 e. The second kappa shape index (κ2) is 17.2. The molecule has 0 N–H and O–H groups in total. The second-order valence-electron chi connectivity index (χ2n) is 6.57. The first-order chi connectivity index (χ1) is 13.5. The average molecular weight is 399 g/mol. The van der Waals surface area contributed by atoms with Gasteiger partial charge in [-0.3, -0.25) is 9.59 Å². The SMILES string of the molecule is CCCCC/C=C\C/C=C\C/C=C\C/C=C\CCCC(=O)C(=O)C(F)(F)CF. The summed E-state index contributed by atoms with van der Waals surface area (Å²) in [6.07, 6.45) is 24.6. The highest BCUT2D eigenvalue weighted by atomic mass is 19.3. The molecule has 5 heteroatoms. The van der Waals surface area contributed by atoms with Crippen LogP contribution in [0.5, 0.6) is 0 Å². The molecule has 28 heavy (non-hydrogen) atoms. The van der Waals surface area contributed by atoms with E-state index in [1.165, 1.54) is 19.3 Å². The molecule has 0 aliphatic heterocycles. The number of hydrogen-bond acceptors (Lipinski definition) is 2. The molecular formula is C23H33F3O2. The molecule has 0 fully saturated rings. The number of alkyl halides is 3. The molecule has 0 aromatic rings. The zero-order valence-corrected chi connectivity index (χ0v) is 16.8. The quantitative estimate of drug-likeness (QED) is 0.152. The van der Waals surface area contributed by atoms with Crippen LogP contribution in [0, 0.1) is 0 Å². The highest BCUT2D eigenvalue weighted by Gasteiger charge is 2.42. The smallest absolute Gasteiger partial charge is 0.291 e. The fourth-order valence-electron chi connectivity index (χ4n) is 2.32. The predicted molar refractivity (Wildman–Crippen MR) is 109 cm³/mol. The van der Waals surface area contributed by atoms with Gasteiger partial charge in [-0.25, -0.2) is 4.39 Å². The molecular weight excluding hydrogens is 365 g/mol. The molecule has 0 saturated heterocycles. The van der Waals surface area contributed by atoms with E-state index in [0.29, 0.717) is 12.8 Å². The Bertz CT molecular complexity index is 546. The Labute approximate surface area is 167 Å². The molecule has 0 atom stereocenters. The van der Waals surface area contributed by atoms with Gasteiger partial charge in [0.05, 0.1) is 0 Å². The Kier molecular flexibility index (Phi) is 16.0. The molecule has 0 aromatic heterocycles. The van der Waals surface area contributed by atoms with Gasteiger partial charge < -0.3 is 0 Å². The Morgan fingerprint density at radius 3 is 1.68 bits per heavy atom. The van der Waals surface area contributed by atoms with Gasteiger partial charge in [-0.05, 0) is 44.9 Å². The lowest BCUT2D eigenvalue weighted by atomic mass is 10.1. The molecule has 0 spiro atoms. The fourth-order valence-corrected chi connectivity index (χ4v) is 2.32. The first-order valence-electron chi connectivity index (χ1n) is 10.1. The number of ketones is 2. The lowest BCUT2D eigenvalue weighted by Gasteiger charge is -2.08. The molecule has 0 amide bonds. The Balaban J connectivity index is 3.70. The van der Waals surface area contributed by atoms with Gasteiger partial charge in [-0.15, -0.1) is 0 Å². The van der Waals surface area contributed by atoms with E-state index in [0.717, 1.165) is 25.7 Å². The van der Waals surface area contributed by atoms with Gasteiger partial charge in [0.1, 0.15) is 0 Å². The van der Waals surface area contributed by atoms with Crippen LogP contribution in [0.1, 0.15) is 71.1 Å². The highest BCUT2D eigenvalue weighted by molar-refractivity contribution is 6.39. The molecule has 0 unspecified atom stereocenters. The number of carbonyl (C=O) groups excluding carboxylic acids is 2. The molecule has 158 valence electrons. The molecule has 0 saturated carbocycles. The van der Waals surface area contributed by atoms with Crippen molar-refractivity contribution in [2.45, 2.75) is 77.1 Å². The molecule has 2 nitrogen and oxygen atoms in total. The van der Waals surface area contributed by atoms with Gasteiger partial charge in [-0.2, -0.15) is 8.78 Å². The summed E-state index contributed by atoms with van der Waals surface area (Å²) in [6, 6.07) is 0. The number of allylic oxidation sites excluding steroid dienone is 8. The van der Waals surface area contributed by atoms with Crippen molar-refractivity contribution >= 4 is 11.6 Å². The van der Waals surface area contributed by atoms with Crippen molar-refractivity contribution in [3.63, 3.8) is 0 Å². The van der Waals surface area contributed by atoms with Crippen LogP contribution in [0.4, 0.5) is 13.2 Å². The zero-order chi connectivity index (χ0) is 21.1. The number of rotatable bonds is 17. The van der Waals surface area contributed by atoms with Gasteiger partial charge in [0.2, 0.25) is 5.78 Å². The fraction of sp³-hybridized carbons (Fsp3) is 0.565. The monoisotopic (exact) mass is 398 g/mol. The summed E-state index contributed by atoms with van der Waals surface area (Å²) in [7, 11) is 0. The number of carbonyl (C=O) groups is 2. The van der Waals surface area contributed by atoms with Crippen molar-refractivity contribution < 1.29 is 22.8 Å². The van der Waals surface area contributed by atoms with Crippen LogP contribution in [0.3, 0.4) is 0 Å². The van der Waals surface area contributed by atoms with Gasteiger partial charge >= 0.3 is 5.92 Å². The van der Waals surface area contributed by atoms with Crippen molar-refractivity contribution in [1.29, 1.82) is 0 Å². The first-order valence-corrected chi connectivity index (χ1v) is 10.1. The number of hydrogen-bond donors (Lipinski definition) is 0. The summed E-state index contributed by atoms with van der Waals surface area (Å²) >= 11 is 0. The molecule has 0 aromatic carbocycles. The summed E-state index contributed by atoms with van der Waals surface area (Å²) in [5.41, 5.74) is 0. The van der Waals surface area contributed by atoms with E-state index in [1.54, 1.807) is 0 Å². The third kappa shape index (κ3) is 14.2. The van der Waals surface area contributed by atoms with Crippen LogP contribution in [-0.4, -0.2) is 24.2 Å². The van der Waals surface area contributed by atoms with Gasteiger partial charge in [0.15, 0.2) is 6.67 Å². The summed E-state index contributed by atoms with van der Waals surface area (Å²) in [4.78, 5) is 22.3. The number of unbranched alkanes of at least 4 members (excludes halogenated alkanes) is 4. The lowest BCUT2D eigenvalue weighted by molar-refractivity contribution is -0.154. The van der Waals surface area contributed by atoms with E-state index < -0.39 is 24.2 Å². The summed E-state index contributed by atoms with van der Waals surface area (Å²) < 4.78 is 37.5. The molecule has 0 rings (SSSR count). The van der Waals surface area contributed by atoms with Gasteiger partial charge in [0, 0.05) is 6.42 Å². The third-order valence-electron chi connectivity index (χ3n) is 3.99. The van der Waals surface area contributed by atoms with Crippen molar-refractivity contribution in [3.8, 4) is 0 Å². The average Bonchev–Trinajstić information content (AvgIpc) is 2.69. The van der Waals surface area contributed by atoms with E-state index in [1.807, 2.05) is 18.2 Å². The standard InChI is InChI=1S/C23H33F3O2/c1-2-3-4-5-6-7-8-9-10-11-12-13-14-15-16-17-18-19-21(27)22(28)23(25,26)20-24/h6-7,9-10,12-13,15-16H,2-5,8,11,14,17-20H2,1H3/b7-6-,10-9-,13-12-,16-15-. The third-order valence-corrected chi connectivity index (χ3v) is 3.99. The summed E-state index contributed by atoms with van der Waals surface area (Å²) in [6.45, 7) is 0.0701. The Morgan fingerprint density at radius 1 is 0.750 bits per heavy atom. The minimum atomic E-state index is -4.18. The second-order valence-corrected chi connectivity index (χ2v) is 6.57. The van der Waals surface area contributed by atoms with Gasteiger partial charge in [0.25, 0.3) is 5.78 Å². The largest absolute Gasteiger partial charge is 0.340 e.